The summed E-state index contributed by atoms with van der Waals surface area (Å²) in [6.45, 7) is 6.65. The molecule has 0 unspecified atom stereocenters. The molecule has 106 valence electrons. The van der Waals surface area contributed by atoms with E-state index in [1.807, 2.05) is 49.3 Å². The molecule has 2 N–H and O–H groups in total. The van der Waals surface area contributed by atoms with Crippen LogP contribution in [0.4, 0.5) is 5.69 Å². The minimum atomic E-state index is 0.0400. The minimum absolute atomic E-state index is 0.0400. The molecule has 0 atom stereocenters. The number of nitrogen functional groups attached to an aromatic ring is 1. The number of hydrogen-bond donors (Lipinski definition) is 1. The third kappa shape index (κ3) is 3.20. The third-order valence-electron chi connectivity index (χ3n) is 3.28. The average Bonchev–Trinajstić information content (AvgIpc) is 2.90. The van der Waals surface area contributed by atoms with Crippen LogP contribution < -0.4 is 5.73 Å². The predicted molar refractivity (Wildman–Crippen MR) is 84.9 cm³/mol. The van der Waals surface area contributed by atoms with Crippen molar-refractivity contribution in [1.82, 2.24) is 4.90 Å². The molecule has 0 radical (unpaired) electrons. The molecular formula is C16H20N2OS. The molecule has 0 aliphatic heterocycles. The number of hydrogen-bond acceptors (Lipinski definition) is 3. The zero-order valence-corrected chi connectivity index (χ0v) is 12.9. The molecule has 1 aromatic heterocycles. The standard InChI is InChI=1S/C16H20N2OS/c1-11(2)18(10-14-5-4-8-20-14)16(19)15-9-13(17)7-6-12(15)3/h4-9,11H,10,17H2,1-3H3. The van der Waals surface area contributed by atoms with E-state index in [4.69, 9.17) is 5.73 Å². The van der Waals surface area contributed by atoms with E-state index in [2.05, 4.69) is 6.07 Å². The van der Waals surface area contributed by atoms with Crippen molar-refractivity contribution in [3.8, 4) is 0 Å². The van der Waals surface area contributed by atoms with E-state index in [0.717, 1.165) is 5.56 Å². The van der Waals surface area contributed by atoms with Crippen LogP contribution in [0.25, 0.3) is 0 Å². The highest BCUT2D eigenvalue weighted by atomic mass is 32.1. The molecule has 0 spiro atoms. The van der Waals surface area contributed by atoms with Crippen LogP contribution in [0.5, 0.6) is 0 Å². The van der Waals surface area contributed by atoms with Crippen molar-refractivity contribution in [2.75, 3.05) is 5.73 Å². The Morgan fingerprint density at radius 3 is 2.70 bits per heavy atom. The van der Waals surface area contributed by atoms with Crippen molar-refractivity contribution < 1.29 is 4.79 Å². The molecule has 0 aliphatic rings. The molecule has 1 aromatic carbocycles. The lowest BCUT2D eigenvalue weighted by Crippen LogP contribution is -2.36. The molecule has 2 rings (SSSR count). The Bertz CT molecular complexity index is 591. The van der Waals surface area contributed by atoms with E-state index in [1.54, 1.807) is 17.4 Å². The number of nitrogens with zero attached hydrogens (tertiary/aromatic N) is 1. The first-order chi connectivity index (χ1) is 9.49. The highest BCUT2D eigenvalue weighted by molar-refractivity contribution is 7.09. The number of rotatable bonds is 4. The maximum atomic E-state index is 12.8. The van der Waals surface area contributed by atoms with Crippen LogP contribution in [-0.2, 0) is 6.54 Å². The van der Waals surface area contributed by atoms with Crippen molar-refractivity contribution >= 4 is 22.9 Å². The van der Waals surface area contributed by atoms with E-state index < -0.39 is 0 Å². The van der Waals surface area contributed by atoms with Gasteiger partial charge in [0.2, 0.25) is 0 Å². The van der Waals surface area contributed by atoms with Gasteiger partial charge in [-0.2, -0.15) is 0 Å². The molecular weight excluding hydrogens is 268 g/mol. The highest BCUT2D eigenvalue weighted by Crippen LogP contribution is 2.20. The zero-order chi connectivity index (χ0) is 14.7. The van der Waals surface area contributed by atoms with Crippen LogP contribution in [0.1, 0.15) is 34.6 Å². The van der Waals surface area contributed by atoms with Gasteiger partial charge in [-0.15, -0.1) is 11.3 Å². The number of thiophene rings is 1. The Kier molecular flexibility index (Phi) is 4.45. The second kappa shape index (κ2) is 6.09. The summed E-state index contributed by atoms with van der Waals surface area (Å²) in [6.07, 6.45) is 0. The fourth-order valence-corrected chi connectivity index (χ4v) is 2.79. The van der Waals surface area contributed by atoms with E-state index >= 15 is 0 Å². The molecule has 1 amide bonds. The molecule has 20 heavy (non-hydrogen) atoms. The summed E-state index contributed by atoms with van der Waals surface area (Å²) >= 11 is 1.67. The van der Waals surface area contributed by atoms with Crippen LogP contribution in [0, 0.1) is 6.92 Å². The van der Waals surface area contributed by atoms with Crippen LogP contribution in [0.2, 0.25) is 0 Å². The highest BCUT2D eigenvalue weighted by Gasteiger charge is 2.21. The molecule has 0 bridgehead atoms. The Morgan fingerprint density at radius 2 is 2.10 bits per heavy atom. The molecule has 1 heterocycles. The van der Waals surface area contributed by atoms with Gasteiger partial charge in [-0.05, 0) is 49.9 Å². The number of amides is 1. The largest absolute Gasteiger partial charge is 0.399 e. The van der Waals surface area contributed by atoms with E-state index in [0.29, 0.717) is 17.8 Å². The van der Waals surface area contributed by atoms with Crippen LogP contribution in [-0.4, -0.2) is 16.8 Å². The number of nitrogens with two attached hydrogens (primary N) is 1. The van der Waals surface area contributed by atoms with Gasteiger partial charge in [-0.3, -0.25) is 4.79 Å². The molecule has 0 aliphatic carbocycles. The molecule has 0 saturated carbocycles. The Hall–Kier alpha value is -1.81. The topological polar surface area (TPSA) is 46.3 Å². The second-order valence-corrected chi connectivity index (χ2v) is 6.21. The zero-order valence-electron chi connectivity index (χ0n) is 12.1. The quantitative estimate of drug-likeness (QED) is 0.872. The number of aryl methyl sites for hydroxylation is 1. The third-order valence-corrected chi connectivity index (χ3v) is 4.14. The van der Waals surface area contributed by atoms with Crippen LogP contribution in [0.15, 0.2) is 35.7 Å². The summed E-state index contributed by atoms with van der Waals surface area (Å²) in [7, 11) is 0. The molecule has 2 aromatic rings. The monoisotopic (exact) mass is 288 g/mol. The van der Waals surface area contributed by atoms with E-state index in [9.17, 15) is 4.79 Å². The number of carbonyl (C=O) groups excluding carboxylic acids is 1. The van der Waals surface area contributed by atoms with Gasteiger partial charge < -0.3 is 10.6 Å². The van der Waals surface area contributed by atoms with Crippen molar-refractivity contribution in [2.45, 2.75) is 33.4 Å². The number of carbonyl (C=O) groups is 1. The number of benzene rings is 1. The smallest absolute Gasteiger partial charge is 0.254 e. The van der Waals surface area contributed by atoms with Crippen molar-refractivity contribution in [3.05, 3.63) is 51.7 Å². The summed E-state index contributed by atoms with van der Waals surface area (Å²) in [5.74, 6) is 0.0400. The van der Waals surface area contributed by atoms with Crippen LogP contribution in [0.3, 0.4) is 0 Å². The Morgan fingerprint density at radius 1 is 1.35 bits per heavy atom. The summed E-state index contributed by atoms with van der Waals surface area (Å²) in [5.41, 5.74) is 8.08. The first-order valence-corrected chi connectivity index (χ1v) is 7.56. The van der Waals surface area contributed by atoms with E-state index in [1.165, 1.54) is 4.88 Å². The summed E-state index contributed by atoms with van der Waals surface area (Å²) < 4.78 is 0. The van der Waals surface area contributed by atoms with Gasteiger partial charge >= 0.3 is 0 Å². The van der Waals surface area contributed by atoms with Gasteiger partial charge in [0, 0.05) is 22.2 Å². The maximum absolute atomic E-state index is 12.8. The minimum Gasteiger partial charge on any atom is -0.399 e. The SMILES string of the molecule is Cc1ccc(N)cc1C(=O)N(Cc1cccs1)C(C)C. The average molecular weight is 288 g/mol. The maximum Gasteiger partial charge on any atom is 0.254 e. The molecule has 0 saturated heterocycles. The van der Waals surface area contributed by atoms with Gasteiger partial charge in [-0.1, -0.05) is 12.1 Å². The first-order valence-electron chi connectivity index (χ1n) is 6.68. The first kappa shape index (κ1) is 14.6. The van der Waals surface area contributed by atoms with Crippen LogP contribution >= 0.6 is 11.3 Å². The second-order valence-electron chi connectivity index (χ2n) is 5.18. The summed E-state index contributed by atoms with van der Waals surface area (Å²) in [4.78, 5) is 15.8. The van der Waals surface area contributed by atoms with Crippen molar-refractivity contribution in [3.63, 3.8) is 0 Å². The lowest BCUT2D eigenvalue weighted by Gasteiger charge is -2.27. The van der Waals surface area contributed by atoms with Gasteiger partial charge in [0.05, 0.1) is 6.54 Å². The number of anilines is 1. The Balaban J connectivity index is 2.29. The van der Waals surface area contributed by atoms with E-state index in [-0.39, 0.29) is 11.9 Å². The lowest BCUT2D eigenvalue weighted by molar-refractivity contribution is 0.0691. The van der Waals surface area contributed by atoms with Crippen molar-refractivity contribution in [1.29, 1.82) is 0 Å². The fraction of sp³-hybridized carbons (Fsp3) is 0.312. The predicted octanol–water partition coefficient (Wildman–Crippen LogP) is 3.69. The van der Waals surface area contributed by atoms with Crippen molar-refractivity contribution in [2.24, 2.45) is 0 Å². The Labute approximate surface area is 124 Å². The fourth-order valence-electron chi connectivity index (χ4n) is 2.08. The van der Waals surface area contributed by atoms with Gasteiger partial charge in [-0.25, -0.2) is 0 Å². The molecule has 0 fully saturated rings. The van der Waals surface area contributed by atoms with Gasteiger partial charge in [0.1, 0.15) is 0 Å². The molecule has 3 nitrogen and oxygen atoms in total. The van der Waals surface area contributed by atoms with Gasteiger partial charge in [0.15, 0.2) is 0 Å². The molecule has 4 heteroatoms. The van der Waals surface area contributed by atoms with Gasteiger partial charge in [0.25, 0.3) is 5.91 Å². The summed E-state index contributed by atoms with van der Waals surface area (Å²) in [5, 5.41) is 2.03. The normalized spacial score (nSPS) is 10.8. The lowest BCUT2D eigenvalue weighted by atomic mass is 10.1. The summed E-state index contributed by atoms with van der Waals surface area (Å²) in [6, 6.07) is 9.69.